The van der Waals surface area contributed by atoms with E-state index in [1.807, 2.05) is 54.6 Å². The van der Waals surface area contributed by atoms with Gasteiger partial charge in [-0.25, -0.2) is 4.98 Å². The van der Waals surface area contributed by atoms with Crippen molar-refractivity contribution in [3.05, 3.63) is 78.4 Å². The van der Waals surface area contributed by atoms with Gasteiger partial charge in [-0.05, 0) is 36.2 Å². The maximum atomic E-state index is 12.0. The summed E-state index contributed by atoms with van der Waals surface area (Å²) in [4.78, 5) is 16.3. The smallest absolute Gasteiger partial charge is 0.224 e. The second kappa shape index (κ2) is 7.97. The lowest BCUT2D eigenvalue weighted by Gasteiger charge is -2.07. The summed E-state index contributed by atoms with van der Waals surface area (Å²) in [5, 5.41) is 6.02. The molecule has 2 N–H and O–H groups in total. The van der Waals surface area contributed by atoms with E-state index in [-0.39, 0.29) is 5.91 Å². The number of hydrogen-bond donors (Lipinski definition) is 2. The molecule has 122 valence electrons. The predicted molar refractivity (Wildman–Crippen MR) is 93.7 cm³/mol. The molecular weight excluding hydrogens is 302 g/mol. The number of pyridine rings is 1. The van der Waals surface area contributed by atoms with Crippen molar-refractivity contribution in [3.63, 3.8) is 0 Å². The van der Waals surface area contributed by atoms with Crippen LogP contribution in [-0.4, -0.2) is 10.9 Å². The number of nitrogens with zero attached hydrogens (tertiary/aromatic N) is 1. The van der Waals surface area contributed by atoms with Gasteiger partial charge in [-0.2, -0.15) is 0 Å². The lowest BCUT2D eigenvalue weighted by atomic mass is 10.1. The van der Waals surface area contributed by atoms with E-state index in [4.69, 9.17) is 4.42 Å². The number of aryl methyl sites for hydroxylation is 1. The van der Waals surface area contributed by atoms with E-state index in [1.165, 1.54) is 0 Å². The predicted octanol–water partition coefficient (Wildman–Crippen LogP) is 3.86. The third-order valence-electron chi connectivity index (χ3n) is 3.55. The molecule has 0 aliphatic heterocycles. The summed E-state index contributed by atoms with van der Waals surface area (Å²) >= 11 is 0. The molecule has 1 aromatic carbocycles. The largest absolute Gasteiger partial charge is 0.467 e. The number of carbonyl (C=O) groups is 1. The molecule has 0 bridgehead atoms. The van der Waals surface area contributed by atoms with Crippen LogP contribution < -0.4 is 10.6 Å². The Kier molecular flexibility index (Phi) is 5.24. The van der Waals surface area contributed by atoms with Crippen LogP contribution in [0.5, 0.6) is 0 Å². The van der Waals surface area contributed by atoms with Crippen molar-refractivity contribution >= 4 is 17.4 Å². The molecule has 0 atom stereocenters. The highest BCUT2D eigenvalue weighted by Crippen LogP contribution is 2.12. The van der Waals surface area contributed by atoms with Crippen molar-refractivity contribution in [2.24, 2.45) is 0 Å². The number of furan rings is 1. The van der Waals surface area contributed by atoms with Crippen molar-refractivity contribution < 1.29 is 9.21 Å². The van der Waals surface area contributed by atoms with E-state index in [2.05, 4.69) is 15.6 Å². The third kappa shape index (κ3) is 4.71. The van der Waals surface area contributed by atoms with Gasteiger partial charge in [0.1, 0.15) is 11.6 Å². The SMILES string of the molecule is O=C(CCc1ccccc1)Nc1ccc(NCc2ccco2)nc1. The van der Waals surface area contributed by atoms with Gasteiger partial charge in [-0.1, -0.05) is 30.3 Å². The van der Waals surface area contributed by atoms with Crippen molar-refractivity contribution in [1.82, 2.24) is 4.98 Å². The number of anilines is 2. The maximum Gasteiger partial charge on any atom is 0.224 e. The molecule has 0 aliphatic rings. The second-order valence-electron chi connectivity index (χ2n) is 5.40. The summed E-state index contributed by atoms with van der Waals surface area (Å²) in [6.45, 7) is 0.572. The zero-order chi connectivity index (χ0) is 16.6. The minimum atomic E-state index is -0.0167. The number of amides is 1. The summed E-state index contributed by atoms with van der Waals surface area (Å²) in [5.41, 5.74) is 1.85. The molecule has 3 rings (SSSR count). The Morgan fingerprint density at radius 3 is 2.62 bits per heavy atom. The Bertz CT molecular complexity index is 753. The molecule has 2 aromatic heterocycles. The highest BCUT2D eigenvalue weighted by Gasteiger charge is 2.04. The van der Waals surface area contributed by atoms with E-state index in [1.54, 1.807) is 12.5 Å². The van der Waals surface area contributed by atoms with Gasteiger partial charge in [0, 0.05) is 6.42 Å². The first-order chi connectivity index (χ1) is 11.8. The Balaban J connectivity index is 1.45. The summed E-state index contributed by atoms with van der Waals surface area (Å²) < 4.78 is 5.25. The number of benzene rings is 1. The van der Waals surface area contributed by atoms with Crippen LogP contribution in [0, 0.1) is 0 Å². The van der Waals surface area contributed by atoms with Crippen LogP contribution >= 0.6 is 0 Å². The van der Waals surface area contributed by atoms with Gasteiger partial charge in [0.15, 0.2) is 0 Å². The van der Waals surface area contributed by atoms with Gasteiger partial charge < -0.3 is 15.1 Å². The first kappa shape index (κ1) is 15.8. The van der Waals surface area contributed by atoms with Gasteiger partial charge in [-0.15, -0.1) is 0 Å². The molecule has 0 saturated carbocycles. The van der Waals surface area contributed by atoms with E-state index >= 15 is 0 Å². The van der Waals surface area contributed by atoms with Gasteiger partial charge in [0.2, 0.25) is 5.91 Å². The van der Waals surface area contributed by atoms with E-state index in [9.17, 15) is 4.79 Å². The molecule has 3 aromatic rings. The Morgan fingerprint density at radius 1 is 1.04 bits per heavy atom. The Hall–Kier alpha value is -3.08. The lowest BCUT2D eigenvalue weighted by Crippen LogP contribution is -2.12. The zero-order valence-electron chi connectivity index (χ0n) is 13.2. The summed E-state index contributed by atoms with van der Waals surface area (Å²) in [5.74, 6) is 1.56. The average molecular weight is 321 g/mol. The van der Waals surface area contributed by atoms with Gasteiger partial charge >= 0.3 is 0 Å². The fourth-order valence-corrected chi connectivity index (χ4v) is 2.29. The van der Waals surface area contributed by atoms with Crippen molar-refractivity contribution in [3.8, 4) is 0 Å². The minimum Gasteiger partial charge on any atom is -0.467 e. The van der Waals surface area contributed by atoms with Crippen molar-refractivity contribution in [2.45, 2.75) is 19.4 Å². The van der Waals surface area contributed by atoms with Crippen LogP contribution in [0.3, 0.4) is 0 Å². The highest BCUT2D eigenvalue weighted by molar-refractivity contribution is 5.90. The van der Waals surface area contributed by atoms with Gasteiger partial charge in [0.05, 0.1) is 24.7 Å². The minimum absolute atomic E-state index is 0.0167. The standard InChI is InChI=1S/C19H19N3O2/c23-19(11-8-15-5-2-1-3-6-15)22-16-9-10-18(20-13-16)21-14-17-7-4-12-24-17/h1-7,9-10,12-13H,8,11,14H2,(H,20,21)(H,22,23). The molecule has 24 heavy (non-hydrogen) atoms. The van der Waals surface area contributed by atoms with E-state index in [0.29, 0.717) is 18.7 Å². The number of rotatable bonds is 7. The lowest BCUT2D eigenvalue weighted by molar-refractivity contribution is -0.116. The van der Waals surface area contributed by atoms with Crippen LogP contribution in [0.15, 0.2) is 71.5 Å². The summed E-state index contributed by atoms with van der Waals surface area (Å²) in [7, 11) is 0. The van der Waals surface area contributed by atoms with Gasteiger partial charge in [0.25, 0.3) is 0 Å². The number of carbonyl (C=O) groups excluding carboxylic acids is 1. The molecule has 0 spiro atoms. The zero-order valence-corrected chi connectivity index (χ0v) is 13.2. The van der Waals surface area contributed by atoms with Crippen molar-refractivity contribution in [2.75, 3.05) is 10.6 Å². The Morgan fingerprint density at radius 2 is 1.92 bits per heavy atom. The molecule has 0 radical (unpaired) electrons. The molecule has 2 heterocycles. The molecule has 1 amide bonds. The highest BCUT2D eigenvalue weighted by atomic mass is 16.3. The quantitative estimate of drug-likeness (QED) is 0.693. The average Bonchev–Trinajstić information content (AvgIpc) is 3.14. The third-order valence-corrected chi connectivity index (χ3v) is 3.55. The maximum absolute atomic E-state index is 12.0. The number of nitrogens with one attached hydrogen (secondary N) is 2. The van der Waals surface area contributed by atoms with E-state index < -0.39 is 0 Å². The van der Waals surface area contributed by atoms with Crippen LogP contribution in [0.2, 0.25) is 0 Å². The van der Waals surface area contributed by atoms with E-state index in [0.717, 1.165) is 23.6 Å². The van der Waals surface area contributed by atoms with Crippen molar-refractivity contribution in [1.29, 1.82) is 0 Å². The van der Waals surface area contributed by atoms with Crippen LogP contribution in [-0.2, 0) is 17.8 Å². The monoisotopic (exact) mass is 321 g/mol. The molecular formula is C19H19N3O2. The summed E-state index contributed by atoms with van der Waals surface area (Å²) in [6.07, 6.45) is 4.45. The normalized spacial score (nSPS) is 10.3. The molecule has 0 unspecified atom stereocenters. The fraction of sp³-hybridized carbons (Fsp3) is 0.158. The van der Waals surface area contributed by atoms with Gasteiger partial charge in [-0.3, -0.25) is 4.79 Å². The van der Waals surface area contributed by atoms with Crippen LogP contribution in [0.4, 0.5) is 11.5 Å². The number of aromatic nitrogens is 1. The Labute approximate surface area is 140 Å². The molecule has 0 aliphatic carbocycles. The first-order valence-electron chi connectivity index (χ1n) is 7.86. The van der Waals surface area contributed by atoms with Crippen LogP contribution in [0.1, 0.15) is 17.7 Å². The molecule has 5 heteroatoms. The first-order valence-corrected chi connectivity index (χ1v) is 7.86. The molecule has 0 saturated heterocycles. The molecule has 0 fully saturated rings. The molecule has 5 nitrogen and oxygen atoms in total. The number of hydrogen-bond acceptors (Lipinski definition) is 4. The summed E-state index contributed by atoms with van der Waals surface area (Å²) in [6, 6.07) is 17.4. The second-order valence-corrected chi connectivity index (χ2v) is 5.40. The fourth-order valence-electron chi connectivity index (χ4n) is 2.29. The van der Waals surface area contributed by atoms with Crippen LogP contribution in [0.25, 0.3) is 0 Å². The topological polar surface area (TPSA) is 67.2 Å².